The summed E-state index contributed by atoms with van der Waals surface area (Å²) in [5.74, 6) is -0.635. The molecular weight excluding hydrogens is 310 g/mol. The SMILES string of the molecule is COC(=O)c1coc(/C=C/C(=O)c2ccc(OC(F)F)cc2)c1. The Labute approximate surface area is 130 Å². The second-order valence-electron chi connectivity index (χ2n) is 4.33. The molecular formula is C16H12F2O5. The summed E-state index contributed by atoms with van der Waals surface area (Å²) in [6.45, 7) is -2.92. The first-order valence-electron chi connectivity index (χ1n) is 6.43. The zero-order chi connectivity index (χ0) is 16.8. The summed E-state index contributed by atoms with van der Waals surface area (Å²) in [6.07, 6.45) is 3.84. The number of ketones is 1. The van der Waals surface area contributed by atoms with Crippen LogP contribution in [0.25, 0.3) is 6.08 Å². The normalized spacial score (nSPS) is 11.0. The number of methoxy groups -OCH3 is 1. The van der Waals surface area contributed by atoms with Crippen molar-refractivity contribution in [2.24, 2.45) is 0 Å². The Morgan fingerprint density at radius 2 is 1.87 bits per heavy atom. The lowest BCUT2D eigenvalue weighted by Crippen LogP contribution is -2.02. The Morgan fingerprint density at radius 3 is 2.48 bits per heavy atom. The average Bonchev–Trinajstić information content (AvgIpc) is 3.01. The molecule has 1 aromatic heterocycles. The largest absolute Gasteiger partial charge is 0.465 e. The van der Waals surface area contributed by atoms with Crippen molar-refractivity contribution in [2.45, 2.75) is 6.61 Å². The number of esters is 1. The van der Waals surface area contributed by atoms with Crippen LogP contribution in [-0.4, -0.2) is 25.5 Å². The van der Waals surface area contributed by atoms with Crippen LogP contribution in [0.1, 0.15) is 26.5 Å². The van der Waals surface area contributed by atoms with E-state index in [1.54, 1.807) is 0 Å². The molecule has 0 aliphatic rings. The fourth-order valence-electron chi connectivity index (χ4n) is 1.72. The summed E-state index contributed by atoms with van der Waals surface area (Å²) >= 11 is 0. The van der Waals surface area contributed by atoms with Crippen molar-refractivity contribution in [1.29, 1.82) is 0 Å². The van der Waals surface area contributed by atoms with Crippen molar-refractivity contribution in [3.8, 4) is 5.75 Å². The van der Waals surface area contributed by atoms with E-state index in [2.05, 4.69) is 9.47 Å². The van der Waals surface area contributed by atoms with Crippen LogP contribution < -0.4 is 4.74 Å². The minimum absolute atomic E-state index is 0.0331. The van der Waals surface area contributed by atoms with Gasteiger partial charge in [-0.3, -0.25) is 4.79 Å². The Balaban J connectivity index is 2.03. The molecule has 0 amide bonds. The molecule has 0 spiro atoms. The third-order valence-electron chi connectivity index (χ3n) is 2.80. The fraction of sp³-hybridized carbons (Fsp3) is 0.125. The zero-order valence-electron chi connectivity index (χ0n) is 12.0. The number of carbonyl (C=O) groups excluding carboxylic acids is 2. The number of hydrogen-bond acceptors (Lipinski definition) is 5. The van der Waals surface area contributed by atoms with Gasteiger partial charge in [0.05, 0.1) is 12.7 Å². The van der Waals surface area contributed by atoms with E-state index in [1.807, 2.05) is 0 Å². The second kappa shape index (κ2) is 7.35. The molecule has 1 heterocycles. The summed E-state index contributed by atoms with van der Waals surface area (Å²) in [6, 6.07) is 6.71. The topological polar surface area (TPSA) is 65.7 Å². The van der Waals surface area contributed by atoms with Crippen LogP contribution in [-0.2, 0) is 4.74 Å². The van der Waals surface area contributed by atoms with Gasteiger partial charge in [0.15, 0.2) is 5.78 Å². The van der Waals surface area contributed by atoms with Gasteiger partial charge in [-0.25, -0.2) is 4.79 Å². The Kier molecular flexibility index (Phi) is 5.24. The number of hydrogen-bond donors (Lipinski definition) is 0. The minimum atomic E-state index is -2.92. The van der Waals surface area contributed by atoms with Crippen molar-refractivity contribution < 1.29 is 32.3 Å². The summed E-state index contributed by atoms with van der Waals surface area (Å²) in [5.41, 5.74) is 0.524. The van der Waals surface area contributed by atoms with Crippen LogP contribution in [0, 0.1) is 0 Å². The summed E-state index contributed by atoms with van der Waals surface area (Å²) in [5, 5.41) is 0. The highest BCUT2D eigenvalue weighted by atomic mass is 19.3. The number of allylic oxidation sites excluding steroid dienone is 1. The maximum atomic E-state index is 12.0. The van der Waals surface area contributed by atoms with Crippen LogP contribution in [0.3, 0.4) is 0 Å². The molecule has 7 heteroatoms. The van der Waals surface area contributed by atoms with E-state index in [4.69, 9.17) is 4.42 Å². The smallest absolute Gasteiger partial charge is 0.387 e. The molecule has 0 N–H and O–H groups in total. The number of benzene rings is 1. The third kappa shape index (κ3) is 4.50. The molecule has 120 valence electrons. The van der Waals surface area contributed by atoms with Crippen LogP contribution in [0.2, 0.25) is 0 Å². The molecule has 0 aliphatic carbocycles. The minimum Gasteiger partial charge on any atom is -0.465 e. The molecule has 0 saturated carbocycles. The predicted octanol–water partition coefficient (Wildman–Crippen LogP) is 3.56. The van der Waals surface area contributed by atoms with Gasteiger partial charge < -0.3 is 13.9 Å². The van der Waals surface area contributed by atoms with Crippen molar-refractivity contribution >= 4 is 17.8 Å². The Bertz CT molecular complexity index is 716. The van der Waals surface area contributed by atoms with Gasteiger partial charge in [0.25, 0.3) is 0 Å². The Hall–Kier alpha value is -2.96. The second-order valence-corrected chi connectivity index (χ2v) is 4.33. The molecule has 0 saturated heterocycles. The molecule has 5 nitrogen and oxygen atoms in total. The van der Waals surface area contributed by atoms with E-state index >= 15 is 0 Å². The third-order valence-corrected chi connectivity index (χ3v) is 2.80. The van der Waals surface area contributed by atoms with E-state index in [9.17, 15) is 18.4 Å². The van der Waals surface area contributed by atoms with Crippen LogP contribution >= 0.6 is 0 Å². The standard InChI is InChI=1S/C16H12F2O5/c1-21-15(20)11-8-13(22-9-11)6-7-14(19)10-2-4-12(5-3-10)23-16(17)18/h2-9,16H,1H3/b7-6+. The van der Waals surface area contributed by atoms with Gasteiger partial charge in [0.1, 0.15) is 17.8 Å². The highest BCUT2D eigenvalue weighted by molar-refractivity contribution is 6.06. The Morgan fingerprint density at radius 1 is 1.17 bits per heavy atom. The van der Waals surface area contributed by atoms with E-state index in [-0.39, 0.29) is 17.1 Å². The first kappa shape index (κ1) is 16.4. The van der Waals surface area contributed by atoms with Gasteiger partial charge in [-0.05, 0) is 42.5 Å². The summed E-state index contributed by atoms with van der Waals surface area (Å²) in [4.78, 5) is 23.2. The maximum absolute atomic E-state index is 12.0. The number of halogens is 2. The number of ether oxygens (including phenoxy) is 2. The molecule has 0 radical (unpaired) electrons. The first-order valence-corrected chi connectivity index (χ1v) is 6.43. The molecule has 2 aromatic rings. The predicted molar refractivity (Wildman–Crippen MR) is 76.5 cm³/mol. The van der Waals surface area contributed by atoms with E-state index in [0.717, 1.165) is 0 Å². The van der Waals surface area contributed by atoms with Gasteiger partial charge in [-0.2, -0.15) is 8.78 Å². The van der Waals surface area contributed by atoms with Crippen molar-refractivity contribution in [2.75, 3.05) is 7.11 Å². The quantitative estimate of drug-likeness (QED) is 0.462. The summed E-state index contributed by atoms with van der Waals surface area (Å²) in [7, 11) is 1.25. The van der Waals surface area contributed by atoms with Crippen LogP contribution in [0.5, 0.6) is 5.75 Å². The van der Waals surface area contributed by atoms with Gasteiger partial charge in [-0.1, -0.05) is 0 Å². The van der Waals surface area contributed by atoms with E-state index < -0.39 is 12.6 Å². The van der Waals surface area contributed by atoms with Crippen molar-refractivity contribution in [3.05, 3.63) is 59.6 Å². The molecule has 0 aliphatic heterocycles. The highest BCUT2D eigenvalue weighted by Gasteiger charge is 2.09. The van der Waals surface area contributed by atoms with E-state index in [0.29, 0.717) is 11.3 Å². The molecule has 0 bridgehead atoms. The van der Waals surface area contributed by atoms with Gasteiger partial charge in [-0.15, -0.1) is 0 Å². The van der Waals surface area contributed by atoms with Crippen molar-refractivity contribution in [3.63, 3.8) is 0 Å². The summed E-state index contributed by atoms with van der Waals surface area (Å²) < 4.78 is 37.9. The molecule has 2 rings (SSSR count). The fourth-order valence-corrected chi connectivity index (χ4v) is 1.72. The number of carbonyl (C=O) groups is 2. The number of furan rings is 1. The van der Waals surface area contributed by atoms with Gasteiger partial charge in [0.2, 0.25) is 0 Å². The molecule has 1 aromatic carbocycles. The highest BCUT2D eigenvalue weighted by Crippen LogP contribution is 2.16. The van der Waals surface area contributed by atoms with Crippen LogP contribution in [0.15, 0.2) is 47.1 Å². The van der Waals surface area contributed by atoms with Crippen molar-refractivity contribution in [1.82, 2.24) is 0 Å². The van der Waals surface area contributed by atoms with Crippen LogP contribution in [0.4, 0.5) is 8.78 Å². The monoisotopic (exact) mass is 322 g/mol. The number of rotatable bonds is 6. The lowest BCUT2D eigenvalue weighted by molar-refractivity contribution is -0.0498. The molecule has 0 unspecified atom stereocenters. The molecule has 0 fully saturated rings. The van der Waals surface area contributed by atoms with E-state index in [1.165, 1.54) is 55.9 Å². The zero-order valence-corrected chi connectivity index (χ0v) is 12.0. The molecule has 23 heavy (non-hydrogen) atoms. The molecule has 0 atom stereocenters. The van der Waals surface area contributed by atoms with Gasteiger partial charge >= 0.3 is 12.6 Å². The first-order chi connectivity index (χ1) is 11.0. The van der Waals surface area contributed by atoms with Gasteiger partial charge in [0, 0.05) is 5.56 Å². The lowest BCUT2D eigenvalue weighted by atomic mass is 10.1. The lowest BCUT2D eigenvalue weighted by Gasteiger charge is -2.04. The average molecular weight is 322 g/mol. The number of alkyl halides is 2. The maximum Gasteiger partial charge on any atom is 0.387 e.